The molecule has 2 N–H and O–H groups in total. The van der Waals surface area contributed by atoms with E-state index >= 15 is 0 Å². The van der Waals surface area contributed by atoms with E-state index in [2.05, 4.69) is 10.6 Å². The highest BCUT2D eigenvalue weighted by atomic mass is 32.2. The van der Waals surface area contributed by atoms with E-state index in [0.717, 1.165) is 9.87 Å². The van der Waals surface area contributed by atoms with Crippen LogP contribution in [0.5, 0.6) is 5.75 Å². The quantitative estimate of drug-likeness (QED) is 0.557. The second-order valence-electron chi connectivity index (χ2n) is 7.58. The molecule has 1 aliphatic heterocycles. The molecule has 1 heterocycles. The van der Waals surface area contributed by atoms with Crippen LogP contribution in [0.15, 0.2) is 83.8 Å². The first-order valence-electron chi connectivity index (χ1n) is 10.3. The summed E-state index contributed by atoms with van der Waals surface area (Å²) in [6.07, 6.45) is -0.604. The van der Waals surface area contributed by atoms with E-state index in [9.17, 15) is 18.0 Å². The number of fused-ring (bicyclic) bond motifs is 1. The highest BCUT2D eigenvalue weighted by molar-refractivity contribution is 7.89. The maximum atomic E-state index is 13.3. The number of carbonyl (C=O) groups excluding carboxylic acids is 2. The minimum absolute atomic E-state index is 0.0391. The SMILES string of the molecule is C[C@H]1Oc2ccc(NC(=O)CN(Cc3ccccc3)S(=O)(=O)c3ccccc3)cc2NC1=O. The van der Waals surface area contributed by atoms with E-state index in [0.29, 0.717) is 17.1 Å². The Hall–Kier alpha value is -3.69. The summed E-state index contributed by atoms with van der Waals surface area (Å²) in [4.78, 5) is 24.8. The van der Waals surface area contributed by atoms with Crippen molar-refractivity contribution in [3.63, 3.8) is 0 Å². The molecule has 0 radical (unpaired) electrons. The standard InChI is InChI=1S/C24H23N3O5S/c1-17-24(29)26-21-14-19(12-13-22(21)32-17)25-23(28)16-27(15-18-8-4-2-5-9-18)33(30,31)20-10-6-3-7-11-20/h2-14,17H,15-16H2,1H3,(H,25,28)(H,26,29)/t17-/m1/s1. The normalized spacial score (nSPS) is 15.3. The number of nitrogens with one attached hydrogen (secondary N) is 2. The third-order valence-electron chi connectivity index (χ3n) is 5.10. The van der Waals surface area contributed by atoms with Gasteiger partial charge in [-0.2, -0.15) is 4.31 Å². The van der Waals surface area contributed by atoms with Gasteiger partial charge in [-0.3, -0.25) is 9.59 Å². The predicted molar refractivity (Wildman–Crippen MR) is 124 cm³/mol. The molecule has 0 aliphatic carbocycles. The van der Waals surface area contributed by atoms with Crippen LogP contribution in [0.25, 0.3) is 0 Å². The summed E-state index contributed by atoms with van der Waals surface area (Å²) in [7, 11) is -3.92. The van der Waals surface area contributed by atoms with Crippen molar-refractivity contribution in [2.45, 2.75) is 24.5 Å². The van der Waals surface area contributed by atoms with Gasteiger partial charge in [0, 0.05) is 12.2 Å². The van der Waals surface area contributed by atoms with Crippen molar-refractivity contribution in [2.75, 3.05) is 17.2 Å². The van der Waals surface area contributed by atoms with Crippen molar-refractivity contribution in [1.29, 1.82) is 0 Å². The summed E-state index contributed by atoms with van der Waals surface area (Å²) >= 11 is 0. The second kappa shape index (κ2) is 9.43. The van der Waals surface area contributed by atoms with Crippen LogP contribution in [0, 0.1) is 0 Å². The van der Waals surface area contributed by atoms with Gasteiger partial charge in [-0.15, -0.1) is 0 Å². The number of benzene rings is 3. The van der Waals surface area contributed by atoms with Gasteiger partial charge >= 0.3 is 0 Å². The molecule has 33 heavy (non-hydrogen) atoms. The van der Waals surface area contributed by atoms with Crippen LogP contribution < -0.4 is 15.4 Å². The Kier molecular flexibility index (Phi) is 6.43. The monoisotopic (exact) mass is 465 g/mol. The molecule has 0 bridgehead atoms. The summed E-state index contributed by atoms with van der Waals surface area (Å²) in [5.74, 6) is -0.298. The number of nitrogens with zero attached hydrogens (tertiary/aromatic N) is 1. The van der Waals surface area contributed by atoms with Crippen molar-refractivity contribution in [2.24, 2.45) is 0 Å². The van der Waals surface area contributed by atoms with Crippen molar-refractivity contribution in [3.8, 4) is 5.75 Å². The zero-order chi connectivity index (χ0) is 23.4. The molecule has 170 valence electrons. The minimum atomic E-state index is -3.92. The Morgan fingerprint density at radius 2 is 1.70 bits per heavy atom. The summed E-state index contributed by atoms with van der Waals surface area (Å²) in [5, 5.41) is 5.43. The highest BCUT2D eigenvalue weighted by Crippen LogP contribution is 2.32. The van der Waals surface area contributed by atoms with Crippen LogP contribution in [0.1, 0.15) is 12.5 Å². The molecular formula is C24H23N3O5S. The lowest BCUT2D eigenvalue weighted by atomic mass is 10.2. The maximum absolute atomic E-state index is 13.3. The van der Waals surface area contributed by atoms with Gasteiger partial charge in [-0.1, -0.05) is 48.5 Å². The average Bonchev–Trinajstić information content (AvgIpc) is 2.81. The van der Waals surface area contributed by atoms with Crippen LogP contribution >= 0.6 is 0 Å². The molecule has 8 nitrogen and oxygen atoms in total. The van der Waals surface area contributed by atoms with Crippen LogP contribution in [0.3, 0.4) is 0 Å². The topological polar surface area (TPSA) is 105 Å². The smallest absolute Gasteiger partial charge is 0.265 e. The van der Waals surface area contributed by atoms with E-state index in [4.69, 9.17) is 4.74 Å². The largest absolute Gasteiger partial charge is 0.479 e. The summed E-state index contributed by atoms with van der Waals surface area (Å²) in [5.41, 5.74) is 1.61. The number of carbonyl (C=O) groups is 2. The first-order chi connectivity index (χ1) is 15.8. The van der Waals surface area contributed by atoms with E-state index in [-0.39, 0.29) is 23.9 Å². The number of sulfonamides is 1. The molecule has 0 unspecified atom stereocenters. The lowest BCUT2D eigenvalue weighted by Crippen LogP contribution is -2.37. The van der Waals surface area contributed by atoms with Gasteiger partial charge < -0.3 is 15.4 Å². The molecule has 3 aromatic rings. The van der Waals surface area contributed by atoms with Gasteiger partial charge in [0.1, 0.15) is 5.75 Å². The third-order valence-corrected chi connectivity index (χ3v) is 6.90. The number of hydrogen-bond donors (Lipinski definition) is 2. The molecule has 0 spiro atoms. The molecule has 1 atom stereocenters. The van der Waals surface area contributed by atoms with Crippen molar-refractivity contribution >= 4 is 33.2 Å². The fraction of sp³-hybridized carbons (Fsp3) is 0.167. The minimum Gasteiger partial charge on any atom is -0.479 e. The predicted octanol–water partition coefficient (Wildman–Crippen LogP) is 3.24. The van der Waals surface area contributed by atoms with Gasteiger partial charge in [0.2, 0.25) is 15.9 Å². The van der Waals surface area contributed by atoms with Crippen molar-refractivity contribution in [3.05, 3.63) is 84.4 Å². The first-order valence-corrected chi connectivity index (χ1v) is 11.8. The lowest BCUT2D eigenvalue weighted by Gasteiger charge is -2.24. The summed E-state index contributed by atoms with van der Waals surface area (Å²) in [6.45, 7) is 1.29. The van der Waals surface area contributed by atoms with E-state index in [1.807, 2.05) is 18.2 Å². The fourth-order valence-electron chi connectivity index (χ4n) is 3.40. The molecule has 4 rings (SSSR count). The van der Waals surface area contributed by atoms with Gasteiger partial charge in [0.05, 0.1) is 17.1 Å². The van der Waals surface area contributed by atoms with Gasteiger partial charge in [-0.05, 0) is 42.8 Å². The maximum Gasteiger partial charge on any atom is 0.265 e. The van der Waals surface area contributed by atoms with E-state index in [1.54, 1.807) is 55.5 Å². The van der Waals surface area contributed by atoms with Gasteiger partial charge in [-0.25, -0.2) is 8.42 Å². The number of hydrogen-bond acceptors (Lipinski definition) is 5. The lowest BCUT2D eigenvalue weighted by molar-refractivity contribution is -0.122. The van der Waals surface area contributed by atoms with Crippen LogP contribution in [0.4, 0.5) is 11.4 Å². The number of anilines is 2. The number of amides is 2. The molecule has 0 aromatic heterocycles. The highest BCUT2D eigenvalue weighted by Gasteiger charge is 2.27. The Balaban J connectivity index is 1.54. The van der Waals surface area contributed by atoms with Gasteiger partial charge in [0.15, 0.2) is 6.10 Å². The Morgan fingerprint density at radius 3 is 2.39 bits per heavy atom. The molecule has 2 amide bonds. The van der Waals surface area contributed by atoms with Crippen LogP contribution in [-0.4, -0.2) is 37.2 Å². The average molecular weight is 466 g/mol. The molecule has 0 fully saturated rings. The first kappa shape index (κ1) is 22.5. The third kappa shape index (κ3) is 5.21. The zero-order valence-corrected chi connectivity index (χ0v) is 18.7. The molecule has 0 saturated carbocycles. The Labute approximate surface area is 192 Å². The second-order valence-corrected chi connectivity index (χ2v) is 9.52. The Morgan fingerprint density at radius 1 is 1.03 bits per heavy atom. The van der Waals surface area contributed by atoms with Crippen molar-refractivity contribution < 1.29 is 22.7 Å². The molecular weight excluding hydrogens is 442 g/mol. The van der Waals surface area contributed by atoms with Crippen molar-refractivity contribution in [1.82, 2.24) is 4.31 Å². The summed E-state index contributed by atoms with van der Waals surface area (Å²) in [6, 6.07) is 21.9. The van der Waals surface area contributed by atoms with Gasteiger partial charge in [0.25, 0.3) is 5.91 Å². The molecule has 3 aromatic carbocycles. The van der Waals surface area contributed by atoms with Crippen LogP contribution in [0.2, 0.25) is 0 Å². The number of ether oxygens (including phenoxy) is 1. The van der Waals surface area contributed by atoms with E-state index in [1.165, 1.54) is 12.1 Å². The van der Waals surface area contributed by atoms with Crippen LogP contribution in [-0.2, 0) is 26.2 Å². The van der Waals surface area contributed by atoms with E-state index < -0.39 is 22.0 Å². The summed E-state index contributed by atoms with van der Waals surface area (Å²) < 4.78 is 33.2. The molecule has 0 saturated heterocycles. The number of rotatable bonds is 7. The zero-order valence-electron chi connectivity index (χ0n) is 17.9. The molecule has 9 heteroatoms. The Bertz CT molecular complexity index is 1260. The fourth-order valence-corrected chi connectivity index (χ4v) is 4.81. The molecule has 1 aliphatic rings.